The summed E-state index contributed by atoms with van der Waals surface area (Å²) in [6, 6.07) is 7.41. The average Bonchev–Trinajstić information content (AvgIpc) is 2.09. The van der Waals surface area contributed by atoms with E-state index in [-0.39, 0.29) is 0 Å². The minimum atomic E-state index is -2.03. The standard InChI is InChI=1S/C9H13ClO2Si/c1-11-13(2,3)12-9-7-5-4-6-8(9)10/h4-7H,1-3H3. The molecule has 0 saturated carbocycles. The van der Waals surface area contributed by atoms with Crippen molar-refractivity contribution in [1.29, 1.82) is 0 Å². The zero-order valence-corrected chi connectivity index (χ0v) is 9.76. The Hall–Kier alpha value is -0.513. The topological polar surface area (TPSA) is 18.5 Å². The van der Waals surface area contributed by atoms with Gasteiger partial charge in [-0.2, -0.15) is 0 Å². The van der Waals surface area contributed by atoms with Crippen LogP contribution in [0.3, 0.4) is 0 Å². The predicted molar refractivity (Wildman–Crippen MR) is 56.6 cm³/mol. The molecule has 0 spiro atoms. The van der Waals surface area contributed by atoms with Gasteiger partial charge in [0.05, 0.1) is 5.02 Å². The fourth-order valence-electron chi connectivity index (χ4n) is 0.834. The molecule has 2 nitrogen and oxygen atoms in total. The number of para-hydroxylation sites is 1. The van der Waals surface area contributed by atoms with E-state index in [0.717, 1.165) is 0 Å². The van der Waals surface area contributed by atoms with Crippen LogP contribution in [0.2, 0.25) is 18.1 Å². The van der Waals surface area contributed by atoms with Crippen molar-refractivity contribution in [3.05, 3.63) is 29.3 Å². The van der Waals surface area contributed by atoms with Crippen molar-refractivity contribution in [1.82, 2.24) is 0 Å². The molecule has 0 saturated heterocycles. The van der Waals surface area contributed by atoms with Crippen LogP contribution in [0.1, 0.15) is 0 Å². The highest BCUT2D eigenvalue weighted by Crippen LogP contribution is 2.25. The average molecular weight is 217 g/mol. The van der Waals surface area contributed by atoms with Gasteiger partial charge in [-0.15, -0.1) is 0 Å². The first-order valence-electron chi connectivity index (χ1n) is 4.04. The van der Waals surface area contributed by atoms with Gasteiger partial charge in [0.25, 0.3) is 0 Å². The summed E-state index contributed by atoms with van der Waals surface area (Å²) >= 11 is 5.93. The number of hydrogen-bond acceptors (Lipinski definition) is 2. The molecule has 1 rings (SSSR count). The van der Waals surface area contributed by atoms with Gasteiger partial charge in [0, 0.05) is 7.11 Å². The van der Waals surface area contributed by atoms with E-state index in [4.69, 9.17) is 20.5 Å². The van der Waals surface area contributed by atoms with E-state index in [1.165, 1.54) is 0 Å². The second kappa shape index (κ2) is 4.13. The van der Waals surface area contributed by atoms with E-state index in [2.05, 4.69) is 0 Å². The number of halogens is 1. The van der Waals surface area contributed by atoms with Gasteiger partial charge in [0.1, 0.15) is 5.75 Å². The van der Waals surface area contributed by atoms with Gasteiger partial charge in [-0.3, -0.25) is 0 Å². The third-order valence-corrected chi connectivity index (χ3v) is 3.69. The van der Waals surface area contributed by atoms with E-state index in [1.807, 2.05) is 31.3 Å². The summed E-state index contributed by atoms with van der Waals surface area (Å²) in [6.07, 6.45) is 0. The Kier molecular flexibility index (Phi) is 3.36. The molecule has 0 N–H and O–H groups in total. The molecule has 0 aliphatic rings. The maximum atomic E-state index is 5.93. The highest BCUT2D eigenvalue weighted by Gasteiger charge is 2.25. The number of benzene rings is 1. The monoisotopic (exact) mass is 216 g/mol. The lowest BCUT2D eigenvalue weighted by Crippen LogP contribution is -2.36. The molecule has 0 bridgehead atoms. The summed E-state index contributed by atoms with van der Waals surface area (Å²) in [5, 5.41) is 0.625. The second-order valence-corrected chi connectivity index (χ2v) is 6.96. The molecule has 0 heterocycles. The third-order valence-electron chi connectivity index (χ3n) is 1.68. The maximum Gasteiger partial charge on any atom is 0.392 e. The number of rotatable bonds is 3. The van der Waals surface area contributed by atoms with Crippen molar-refractivity contribution in [3.8, 4) is 5.75 Å². The van der Waals surface area contributed by atoms with Crippen LogP contribution in [0.4, 0.5) is 0 Å². The van der Waals surface area contributed by atoms with Crippen LogP contribution in [0.5, 0.6) is 5.75 Å². The zero-order valence-electron chi connectivity index (χ0n) is 8.00. The minimum absolute atomic E-state index is 0.625. The Morgan fingerprint density at radius 2 is 1.85 bits per heavy atom. The van der Waals surface area contributed by atoms with Crippen molar-refractivity contribution in [2.45, 2.75) is 13.1 Å². The van der Waals surface area contributed by atoms with Gasteiger partial charge in [-0.05, 0) is 25.2 Å². The normalized spacial score (nSPS) is 11.4. The fourth-order valence-corrected chi connectivity index (χ4v) is 1.86. The molecule has 13 heavy (non-hydrogen) atoms. The highest BCUT2D eigenvalue weighted by atomic mass is 35.5. The van der Waals surface area contributed by atoms with Gasteiger partial charge in [-0.25, -0.2) is 0 Å². The van der Waals surface area contributed by atoms with Crippen LogP contribution < -0.4 is 4.43 Å². The van der Waals surface area contributed by atoms with Crippen molar-refractivity contribution in [2.75, 3.05) is 7.11 Å². The van der Waals surface area contributed by atoms with Crippen LogP contribution in [0.15, 0.2) is 24.3 Å². The summed E-state index contributed by atoms with van der Waals surface area (Å²) in [5.41, 5.74) is 0. The molecular weight excluding hydrogens is 204 g/mol. The van der Waals surface area contributed by atoms with Crippen LogP contribution in [0, 0.1) is 0 Å². The van der Waals surface area contributed by atoms with Crippen LogP contribution >= 0.6 is 11.6 Å². The molecule has 1 aromatic rings. The van der Waals surface area contributed by atoms with Gasteiger partial charge in [0.2, 0.25) is 0 Å². The summed E-state index contributed by atoms with van der Waals surface area (Å²) < 4.78 is 10.9. The molecule has 0 amide bonds. The lowest BCUT2D eigenvalue weighted by atomic mass is 10.3. The molecule has 0 aliphatic heterocycles. The molecule has 0 atom stereocenters. The lowest BCUT2D eigenvalue weighted by Gasteiger charge is -2.21. The zero-order chi connectivity index (χ0) is 9.90. The Morgan fingerprint density at radius 1 is 1.23 bits per heavy atom. The maximum absolute atomic E-state index is 5.93. The van der Waals surface area contributed by atoms with E-state index < -0.39 is 8.56 Å². The van der Waals surface area contributed by atoms with Crippen molar-refractivity contribution in [2.24, 2.45) is 0 Å². The summed E-state index contributed by atoms with van der Waals surface area (Å²) in [5.74, 6) is 0.697. The Labute approximate surface area is 84.7 Å². The summed E-state index contributed by atoms with van der Waals surface area (Å²) in [4.78, 5) is 0. The summed E-state index contributed by atoms with van der Waals surface area (Å²) in [7, 11) is -0.378. The van der Waals surface area contributed by atoms with Crippen LogP contribution in [-0.4, -0.2) is 15.7 Å². The highest BCUT2D eigenvalue weighted by molar-refractivity contribution is 6.65. The van der Waals surface area contributed by atoms with Crippen molar-refractivity contribution >= 4 is 20.2 Å². The third kappa shape index (κ3) is 3.02. The predicted octanol–water partition coefficient (Wildman–Crippen LogP) is 3.07. The minimum Gasteiger partial charge on any atom is -0.519 e. The van der Waals surface area contributed by atoms with Crippen LogP contribution in [-0.2, 0) is 4.43 Å². The van der Waals surface area contributed by atoms with E-state index in [1.54, 1.807) is 13.2 Å². The molecule has 0 aromatic heterocycles. The SMILES string of the molecule is CO[Si](C)(C)Oc1ccccc1Cl. The molecule has 1 aromatic carbocycles. The molecule has 0 unspecified atom stereocenters. The first-order valence-corrected chi connectivity index (χ1v) is 7.23. The largest absolute Gasteiger partial charge is 0.519 e. The quantitative estimate of drug-likeness (QED) is 0.724. The number of hydrogen-bond donors (Lipinski definition) is 0. The first-order chi connectivity index (χ1) is 6.05. The fraction of sp³-hybridized carbons (Fsp3) is 0.333. The van der Waals surface area contributed by atoms with Crippen molar-refractivity contribution in [3.63, 3.8) is 0 Å². The Bertz CT molecular complexity index is 289. The smallest absolute Gasteiger partial charge is 0.392 e. The Balaban J connectivity index is 2.80. The van der Waals surface area contributed by atoms with Gasteiger partial charge in [-0.1, -0.05) is 23.7 Å². The van der Waals surface area contributed by atoms with Gasteiger partial charge < -0.3 is 8.85 Å². The molecule has 4 heteroatoms. The lowest BCUT2D eigenvalue weighted by molar-refractivity contribution is 0.314. The van der Waals surface area contributed by atoms with E-state index in [9.17, 15) is 0 Å². The molecule has 0 aliphatic carbocycles. The Morgan fingerprint density at radius 3 is 2.38 bits per heavy atom. The van der Waals surface area contributed by atoms with E-state index >= 15 is 0 Å². The van der Waals surface area contributed by atoms with Crippen molar-refractivity contribution < 1.29 is 8.85 Å². The molecule has 72 valence electrons. The van der Waals surface area contributed by atoms with E-state index in [0.29, 0.717) is 10.8 Å². The molecule has 0 radical (unpaired) electrons. The summed E-state index contributed by atoms with van der Waals surface area (Å²) in [6.45, 7) is 3.94. The second-order valence-electron chi connectivity index (χ2n) is 3.14. The van der Waals surface area contributed by atoms with Gasteiger partial charge in [0.15, 0.2) is 0 Å². The first kappa shape index (κ1) is 10.6. The van der Waals surface area contributed by atoms with Crippen LogP contribution in [0.25, 0.3) is 0 Å². The van der Waals surface area contributed by atoms with Gasteiger partial charge >= 0.3 is 8.56 Å². The molecular formula is C9H13ClO2Si. The molecule has 0 fully saturated rings.